The van der Waals surface area contributed by atoms with Crippen molar-refractivity contribution < 1.29 is 18.0 Å². The number of halogens is 3. The van der Waals surface area contributed by atoms with Gasteiger partial charge in [0.25, 0.3) is 5.91 Å². The van der Waals surface area contributed by atoms with Gasteiger partial charge in [0.2, 0.25) is 0 Å². The lowest BCUT2D eigenvalue weighted by molar-refractivity contribution is -0.137. The molecule has 1 radical (unpaired) electrons. The van der Waals surface area contributed by atoms with Crippen molar-refractivity contribution in [3.63, 3.8) is 0 Å². The van der Waals surface area contributed by atoms with Gasteiger partial charge in [-0.3, -0.25) is 4.79 Å². The maximum atomic E-state index is 13.2. The highest BCUT2D eigenvalue weighted by atomic mass is 19.4. The van der Waals surface area contributed by atoms with E-state index in [0.29, 0.717) is 18.5 Å². The van der Waals surface area contributed by atoms with Crippen molar-refractivity contribution >= 4 is 5.91 Å². The summed E-state index contributed by atoms with van der Waals surface area (Å²) in [5, 5.41) is 3.12. The van der Waals surface area contributed by atoms with Crippen LogP contribution in [0.4, 0.5) is 13.2 Å². The monoisotopic (exact) mass is 548 g/mol. The van der Waals surface area contributed by atoms with Crippen LogP contribution in [0.15, 0.2) is 133 Å². The molecule has 0 bridgehead atoms. The normalized spacial score (nSPS) is 11.4. The van der Waals surface area contributed by atoms with E-state index in [1.807, 2.05) is 91.3 Å². The molecular weight excluding hydrogens is 519 g/mol. The summed E-state index contributed by atoms with van der Waals surface area (Å²) in [5.41, 5.74) is 5.90. The number of amides is 1. The molecule has 1 amide bonds. The van der Waals surface area contributed by atoms with Crippen molar-refractivity contribution in [2.45, 2.75) is 18.5 Å². The van der Waals surface area contributed by atoms with Gasteiger partial charge in [0.05, 0.1) is 5.56 Å². The van der Waals surface area contributed by atoms with Crippen molar-refractivity contribution in [1.29, 1.82) is 0 Å². The molecule has 5 heteroatoms. The average molecular weight is 549 g/mol. The third kappa shape index (κ3) is 7.31. The smallest absolute Gasteiger partial charge is 0.351 e. The van der Waals surface area contributed by atoms with E-state index in [0.717, 1.165) is 45.5 Å². The molecule has 1 N–H and O–H groups in total. The third-order valence-corrected chi connectivity index (χ3v) is 7.09. The number of hydrogen-bond acceptors (Lipinski definition) is 1. The molecule has 0 spiro atoms. The molecular formula is C36H29F3NO. The van der Waals surface area contributed by atoms with E-state index in [1.165, 1.54) is 12.1 Å². The van der Waals surface area contributed by atoms with E-state index in [9.17, 15) is 18.0 Å². The zero-order chi connectivity index (χ0) is 28.7. The Hall–Kier alpha value is -4.64. The molecule has 0 heterocycles. The summed E-state index contributed by atoms with van der Waals surface area (Å²) in [4.78, 5) is 13.2. The summed E-state index contributed by atoms with van der Waals surface area (Å²) >= 11 is 0. The van der Waals surface area contributed by atoms with Gasteiger partial charge in [0.1, 0.15) is 0 Å². The van der Waals surface area contributed by atoms with E-state index in [1.54, 1.807) is 0 Å². The minimum absolute atomic E-state index is 0.0384. The van der Waals surface area contributed by atoms with Gasteiger partial charge in [0.15, 0.2) is 0 Å². The van der Waals surface area contributed by atoms with E-state index < -0.39 is 11.7 Å². The van der Waals surface area contributed by atoms with Gasteiger partial charge in [0, 0.05) is 18.0 Å². The fraction of sp³-hybridized carbons (Fsp3) is 0.111. The van der Waals surface area contributed by atoms with Gasteiger partial charge in [-0.1, -0.05) is 109 Å². The second-order valence-electron chi connectivity index (χ2n) is 9.89. The Kier molecular flexibility index (Phi) is 8.64. The largest absolute Gasteiger partial charge is 0.416 e. The Labute approximate surface area is 238 Å². The SMILES string of the molecule is O=C(NCC(c1ccccc1)c1ccccc1)c1cccc(-c2ccc(C[CH]c3ccc(C(F)(F)F)cc3)cc2)c1. The van der Waals surface area contributed by atoms with Crippen LogP contribution in [-0.4, -0.2) is 12.5 Å². The predicted molar refractivity (Wildman–Crippen MR) is 157 cm³/mol. The number of rotatable bonds is 9. The molecule has 5 aromatic carbocycles. The molecule has 0 aliphatic rings. The molecule has 41 heavy (non-hydrogen) atoms. The zero-order valence-corrected chi connectivity index (χ0v) is 22.3. The number of carbonyl (C=O) groups excluding carboxylic acids is 1. The number of nitrogens with one attached hydrogen (secondary N) is 1. The highest BCUT2D eigenvalue weighted by Crippen LogP contribution is 2.30. The summed E-state index contributed by atoms with van der Waals surface area (Å²) in [6.07, 6.45) is -1.84. The van der Waals surface area contributed by atoms with Crippen LogP contribution in [-0.2, 0) is 12.6 Å². The first-order chi connectivity index (χ1) is 19.9. The van der Waals surface area contributed by atoms with Crippen LogP contribution in [0, 0.1) is 6.42 Å². The van der Waals surface area contributed by atoms with Crippen LogP contribution in [0.1, 0.15) is 44.1 Å². The summed E-state index contributed by atoms with van der Waals surface area (Å²) in [5.74, 6) is -0.0945. The van der Waals surface area contributed by atoms with Crippen molar-refractivity contribution in [2.75, 3.05) is 6.54 Å². The van der Waals surface area contributed by atoms with Crippen LogP contribution in [0.25, 0.3) is 11.1 Å². The molecule has 0 aliphatic carbocycles. The quantitative estimate of drug-likeness (QED) is 0.196. The van der Waals surface area contributed by atoms with Gasteiger partial charge in [-0.05, 0) is 70.5 Å². The lowest BCUT2D eigenvalue weighted by Crippen LogP contribution is -2.29. The van der Waals surface area contributed by atoms with E-state index in [-0.39, 0.29) is 11.8 Å². The van der Waals surface area contributed by atoms with Crippen LogP contribution < -0.4 is 5.32 Å². The molecule has 2 nitrogen and oxygen atoms in total. The standard InChI is InChI=1S/C36H29F3NO/c37-36(38,39)33-22-18-27(19-23-33)15-14-26-16-20-28(21-17-26)31-12-7-13-32(24-31)35(41)40-25-34(29-8-3-1-4-9-29)30-10-5-2-6-11-30/h1-13,15-24,34H,14,25H2,(H,40,41). The van der Waals surface area contributed by atoms with Crippen molar-refractivity contribution in [3.05, 3.63) is 173 Å². The summed E-state index contributed by atoms with van der Waals surface area (Å²) in [6, 6.07) is 41.0. The Morgan fingerprint density at radius 2 is 1.29 bits per heavy atom. The Morgan fingerprint density at radius 1 is 0.683 bits per heavy atom. The van der Waals surface area contributed by atoms with Crippen LogP contribution >= 0.6 is 0 Å². The summed E-state index contributed by atoms with van der Waals surface area (Å²) in [7, 11) is 0. The first-order valence-corrected chi connectivity index (χ1v) is 13.4. The average Bonchev–Trinajstić information content (AvgIpc) is 3.01. The van der Waals surface area contributed by atoms with Gasteiger partial charge in [-0.2, -0.15) is 13.2 Å². The first kappa shape index (κ1) is 27.9. The molecule has 5 aromatic rings. The first-order valence-electron chi connectivity index (χ1n) is 13.4. The topological polar surface area (TPSA) is 29.1 Å². The Balaban J connectivity index is 1.22. The molecule has 0 saturated heterocycles. The number of hydrogen-bond donors (Lipinski definition) is 1. The summed E-state index contributed by atoms with van der Waals surface area (Å²) in [6.45, 7) is 0.473. The second-order valence-corrected chi connectivity index (χ2v) is 9.89. The van der Waals surface area contributed by atoms with Crippen molar-refractivity contribution in [1.82, 2.24) is 5.32 Å². The summed E-state index contributed by atoms with van der Waals surface area (Å²) < 4.78 is 38.4. The van der Waals surface area contributed by atoms with Crippen molar-refractivity contribution in [2.24, 2.45) is 0 Å². The molecule has 0 aliphatic heterocycles. The molecule has 0 aromatic heterocycles. The van der Waals surface area contributed by atoms with Gasteiger partial charge < -0.3 is 5.32 Å². The number of alkyl halides is 3. The highest BCUT2D eigenvalue weighted by molar-refractivity contribution is 5.95. The van der Waals surface area contributed by atoms with Crippen LogP contribution in [0.2, 0.25) is 0 Å². The maximum absolute atomic E-state index is 13.2. The highest BCUT2D eigenvalue weighted by Gasteiger charge is 2.29. The van der Waals surface area contributed by atoms with E-state index >= 15 is 0 Å². The lowest BCUT2D eigenvalue weighted by Gasteiger charge is -2.19. The fourth-order valence-corrected chi connectivity index (χ4v) is 4.81. The molecule has 5 rings (SSSR count). The van der Waals surface area contributed by atoms with Gasteiger partial charge in [-0.25, -0.2) is 0 Å². The third-order valence-electron chi connectivity index (χ3n) is 7.09. The molecule has 0 unspecified atom stereocenters. The minimum Gasteiger partial charge on any atom is -0.351 e. The molecule has 205 valence electrons. The lowest BCUT2D eigenvalue weighted by atomic mass is 9.91. The van der Waals surface area contributed by atoms with Crippen LogP contribution in [0.5, 0.6) is 0 Å². The molecule has 0 fully saturated rings. The number of carbonyl (C=O) groups is 1. The fourth-order valence-electron chi connectivity index (χ4n) is 4.81. The van der Waals surface area contributed by atoms with Gasteiger partial charge >= 0.3 is 6.18 Å². The van der Waals surface area contributed by atoms with E-state index in [4.69, 9.17) is 0 Å². The minimum atomic E-state index is -4.33. The van der Waals surface area contributed by atoms with Crippen LogP contribution in [0.3, 0.4) is 0 Å². The van der Waals surface area contributed by atoms with Crippen molar-refractivity contribution in [3.8, 4) is 11.1 Å². The second kappa shape index (κ2) is 12.7. The zero-order valence-electron chi connectivity index (χ0n) is 22.3. The number of benzene rings is 5. The van der Waals surface area contributed by atoms with Gasteiger partial charge in [-0.15, -0.1) is 0 Å². The molecule has 0 atom stereocenters. The van der Waals surface area contributed by atoms with E-state index in [2.05, 4.69) is 29.6 Å². The molecule has 0 saturated carbocycles. The Bertz CT molecular complexity index is 1520. The Morgan fingerprint density at radius 3 is 1.88 bits per heavy atom. The predicted octanol–water partition coefficient (Wildman–Crippen LogP) is 8.73. The maximum Gasteiger partial charge on any atom is 0.416 e.